The van der Waals surface area contributed by atoms with Crippen LogP contribution >= 0.6 is 0 Å². The molecule has 1 aromatic carbocycles. The summed E-state index contributed by atoms with van der Waals surface area (Å²) in [5.41, 5.74) is 11.6. The molecule has 0 heterocycles. The van der Waals surface area contributed by atoms with Gasteiger partial charge in [-0.25, -0.2) is 0 Å². The van der Waals surface area contributed by atoms with Crippen molar-refractivity contribution in [2.45, 2.75) is 45.2 Å². The van der Waals surface area contributed by atoms with Gasteiger partial charge < -0.3 is 16.4 Å². The lowest BCUT2D eigenvalue weighted by molar-refractivity contribution is -0.123. The molecular formula is C16H27N3O. The van der Waals surface area contributed by atoms with Crippen LogP contribution in [0.5, 0.6) is 0 Å². The Morgan fingerprint density at radius 2 is 1.90 bits per heavy atom. The summed E-state index contributed by atoms with van der Waals surface area (Å²) < 4.78 is 0. The zero-order valence-corrected chi connectivity index (χ0v) is 12.8. The van der Waals surface area contributed by atoms with Gasteiger partial charge in [0.1, 0.15) is 5.54 Å². The monoisotopic (exact) mass is 277 g/mol. The number of primary amides is 1. The normalized spacial score (nSPS) is 15.8. The number of rotatable bonds is 8. The number of nitrogens with two attached hydrogens (primary N) is 2. The molecule has 1 amide bonds. The van der Waals surface area contributed by atoms with Crippen LogP contribution in [0.25, 0.3) is 0 Å². The third kappa shape index (κ3) is 3.81. The van der Waals surface area contributed by atoms with Crippen molar-refractivity contribution in [2.75, 3.05) is 13.1 Å². The highest BCUT2D eigenvalue weighted by molar-refractivity contribution is 5.85. The maximum atomic E-state index is 11.8. The van der Waals surface area contributed by atoms with Crippen molar-refractivity contribution in [2.24, 2.45) is 11.5 Å². The Labute approximate surface area is 122 Å². The van der Waals surface area contributed by atoms with Crippen LogP contribution in [-0.4, -0.2) is 29.9 Å². The Morgan fingerprint density at radius 1 is 1.30 bits per heavy atom. The lowest BCUT2D eigenvalue weighted by Gasteiger charge is -2.32. The highest BCUT2D eigenvalue weighted by atomic mass is 16.1. The molecule has 0 bridgehead atoms. The zero-order chi connectivity index (χ0) is 15.2. The maximum Gasteiger partial charge on any atom is 0.242 e. The standard InChI is InChI=1S/C16H27N3O/c1-4-13(3)19(5-2)12-11-16(18,15(17)20)14-9-7-6-8-10-14/h6-10,13H,4-5,11-12,18H2,1-3H3,(H2,17,20). The van der Waals surface area contributed by atoms with Crippen LogP contribution < -0.4 is 11.5 Å². The minimum Gasteiger partial charge on any atom is -0.368 e. The predicted molar refractivity (Wildman–Crippen MR) is 83.1 cm³/mol. The predicted octanol–water partition coefficient (Wildman–Crippen LogP) is 1.84. The molecule has 0 aromatic heterocycles. The Bertz CT molecular complexity index is 421. The SMILES string of the molecule is CCC(C)N(CC)CCC(N)(C(N)=O)c1ccccc1. The van der Waals surface area contributed by atoms with Gasteiger partial charge in [0.2, 0.25) is 5.91 Å². The van der Waals surface area contributed by atoms with E-state index in [0.29, 0.717) is 12.5 Å². The lowest BCUT2D eigenvalue weighted by Crippen LogP contribution is -2.51. The fourth-order valence-corrected chi connectivity index (χ4v) is 2.41. The van der Waals surface area contributed by atoms with Gasteiger partial charge in [-0.2, -0.15) is 0 Å². The molecule has 2 atom stereocenters. The van der Waals surface area contributed by atoms with Crippen molar-refractivity contribution >= 4 is 5.91 Å². The Balaban J connectivity index is 2.86. The van der Waals surface area contributed by atoms with Gasteiger partial charge in [-0.1, -0.05) is 44.2 Å². The molecule has 4 nitrogen and oxygen atoms in total. The van der Waals surface area contributed by atoms with Crippen LogP contribution in [0.2, 0.25) is 0 Å². The molecule has 4 N–H and O–H groups in total. The van der Waals surface area contributed by atoms with Crippen molar-refractivity contribution in [1.29, 1.82) is 0 Å². The van der Waals surface area contributed by atoms with Gasteiger partial charge in [0.15, 0.2) is 0 Å². The van der Waals surface area contributed by atoms with Gasteiger partial charge in [0.25, 0.3) is 0 Å². The van der Waals surface area contributed by atoms with Crippen LogP contribution in [0, 0.1) is 0 Å². The fraction of sp³-hybridized carbons (Fsp3) is 0.562. The van der Waals surface area contributed by atoms with E-state index in [0.717, 1.165) is 25.1 Å². The number of hydrogen-bond donors (Lipinski definition) is 2. The number of amides is 1. The smallest absolute Gasteiger partial charge is 0.242 e. The Kier molecular flexibility index (Phi) is 6.17. The summed E-state index contributed by atoms with van der Waals surface area (Å²) in [6, 6.07) is 9.88. The quantitative estimate of drug-likeness (QED) is 0.761. The molecule has 0 aliphatic rings. The molecule has 2 unspecified atom stereocenters. The topological polar surface area (TPSA) is 72.3 Å². The molecule has 1 aromatic rings. The molecule has 0 spiro atoms. The van der Waals surface area contributed by atoms with E-state index in [-0.39, 0.29) is 0 Å². The highest BCUT2D eigenvalue weighted by Gasteiger charge is 2.34. The zero-order valence-electron chi connectivity index (χ0n) is 12.8. The molecule has 0 aliphatic carbocycles. The summed E-state index contributed by atoms with van der Waals surface area (Å²) in [6.45, 7) is 8.18. The summed E-state index contributed by atoms with van der Waals surface area (Å²) >= 11 is 0. The van der Waals surface area contributed by atoms with Gasteiger partial charge in [0, 0.05) is 12.6 Å². The first-order chi connectivity index (χ1) is 9.45. The molecule has 4 heteroatoms. The Morgan fingerprint density at radius 3 is 2.35 bits per heavy atom. The van der Waals surface area contributed by atoms with Crippen LogP contribution in [0.15, 0.2) is 30.3 Å². The highest BCUT2D eigenvalue weighted by Crippen LogP contribution is 2.23. The van der Waals surface area contributed by atoms with E-state index < -0.39 is 11.4 Å². The summed E-state index contributed by atoms with van der Waals surface area (Å²) in [5, 5.41) is 0. The van der Waals surface area contributed by atoms with Crippen LogP contribution in [0.3, 0.4) is 0 Å². The molecule has 1 rings (SSSR count). The van der Waals surface area contributed by atoms with Crippen molar-refractivity contribution in [3.8, 4) is 0 Å². The Hall–Kier alpha value is -1.39. The fourth-order valence-electron chi connectivity index (χ4n) is 2.41. The first-order valence-corrected chi connectivity index (χ1v) is 7.34. The van der Waals surface area contributed by atoms with Gasteiger partial charge >= 0.3 is 0 Å². The molecule has 0 saturated carbocycles. The molecule has 0 radical (unpaired) electrons. The van der Waals surface area contributed by atoms with E-state index in [2.05, 4.69) is 25.7 Å². The number of hydrogen-bond acceptors (Lipinski definition) is 3. The second kappa shape index (κ2) is 7.41. The van der Waals surface area contributed by atoms with Crippen LogP contribution in [0.4, 0.5) is 0 Å². The van der Waals surface area contributed by atoms with Gasteiger partial charge in [-0.05, 0) is 31.9 Å². The summed E-state index contributed by atoms with van der Waals surface area (Å²) in [5.74, 6) is -0.469. The van der Waals surface area contributed by atoms with Crippen molar-refractivity contribution < 1.29 is 4.79 Å². The van der Waals surface area contributed by atoms with Crippen molar-refractivity contribution in [1.82, 2.24) is 4.90 Å². The molecule has 20 heavy (non-hydrogen) atoms. The van der Waals surface area contributed by atoms with Crippen molar-refractivity contribution in [3.05, 3.63) is 35.9 Å². The van der Waals surface area contributed by atoms with Crippen LogP contribution in [0.1, 0.15) is 39.2 Å². The van der Waals surface area contributed by atoms with Crippen LogP contribution in [-0.2, 0) is 10.3 Å². The van der Waals surface area contributed by atoms with E-state index in [1.807, 2.05) is 30.3 Å². The van der Waals surface area contributed by atoms with Gasteiger partial charge in [-0.3, -0.25) is 4.79 Å². The molecule has 0 aliphatic heterocycles. The maximum absolute atomic E-state index is 11.8. The first-order valence-electron chi connectivity index (χ1n) is 7.34. The second-order valence-corrected chi connectivity index (χ2v) is 5.34. The number of carbonyl (C=O) groups is 1. The average molecular weight is 277 g/mol. The number of carbonyl (C=O) groups excluding carboxylic acids is 1. The molecular weight excluding hydrogens is 250 g/mol. The van der Waals surface area contributed by atoms with E-state index in [1.165, 1.54) is 0 Å². The molecule has 112 valence electrons. The third-order valence-electron chi connectivity index (χ3n) is 4.14. The average Bonchev–Trinajstić information content (AvgIpc) is 2.47. The summed E-state index contributed by atoms with van der Waals surface area (Å²) in [6.07, 6.45) is 1.61. The summed E-state index contributed by atoms with van der Waals surface area (Å²) in [4.78, 5) is 14.2. The van der Waals surface area contributed by atoms with Gasteiger partial charge in [0.05, 0.1) is 0 Å². The summed E-state index contributed by atoms with van der Waals surface area (Å²) in [7, 11) is 0. The first kappa shape index (κ1) is 16.7. The number of benzene rings is 1. The minimum absolute atomic E-state index is 0.469. The van der Waals surface area contributed by atoms with Crippen molar-refractivity contribution in [3.63, 3.8) is 0 Å². The number of nitrogens with zero attached hydrogens (tertiary/aromatic N) is 1. The lowest BCUT2D eigenvalue weighted by atomic mass is 9.86. The van der Waals surface area contributed by atoms with Gasteiger partial charge in [-0.15, -0.1) is 0 Å². The molecule has 0 fully saturated rings. The second-order valence-electron chi connectivity index (χ2n) is 5.34. The van der Waals surface area contributed by atoms with E-state index >= 15 is 0 Å². The largest absolute Gasteiger partial charge is 0.368 e. The van der Waals surface area contributed by atoms with E-state index in [9.17, 15) is 4.79 Å². The minimum atomic E-state index is -1.10. The van der Waals surface area contributed by atoms with E-state index in [1.54, 1.807) is 0 Å². The molecule has 0 saturated heterocycles. The third-order valence-corrected chi connectivity index (χ3v) is 4.14. The van der Waals surface area contributed by atoms with E-state index in [4.69, 9.17) is 11.5 Å².